The molecule has 0 saturated carbocycles. The smallest absolute Gasteiger partial charge is 0.246 e. The molecule has 2 heterocycles. The number of carbonyl (C=O) groups excluding carboxylic acids is 1. The fourth-order valence-electron chi connectivity index (χ4n) is 2.93. The summed E-state index contributed by atoms with van der Waals surface area (Å²) in [7, 11) is 0. The number of guanidine groups is 1. The molecular weight excluding hydrogens is 344 g/mol. The van der Waals surface area contributed by atoms with Crippen molar-refractivity contribution in [3.05, 3.63) is 24.5 Å². The van der Waals surface area contributed by atoms with Crippen LogP contribution in [0.4, 0.5) is 5.69 Å². The van der Waals surface area contributed by atoms with E-state index in [0.29, 0.717) is 24.1 Å². The third-order valence-electron chi connectivity index (χ3n) is 4.01. The van der Waals surface area contributed by atoms with Crippen LogP contribution in [0.3, 0.4) is 0 Å². The van der Waals surface area contributed by atoms with Gasteiger partial charge in [0, 0.05) is 38.9 Å². The molecule has 1 unspecified atom stereocenters. The number of pyridine rings is 1. The van der Waals surface area contributed by atoms with Crippen molar-refractivity contribution in [2.45, 2.75) is 26.9 Å². The fraction of sp³-hybridized carbons (Fsp3) is 0.632. The van der Waals surface area contributed by atoms with Crippen molar-refractivity contribution in [2.75, 3.05) is 51.2 Å². The van der Waals surface area contributed by atoms with Crippen molar-refractivity contribution in [1.82, 2.24) is 20.5 Å². The first kappa shape index (κ1) is 21.1. The number of nitrogens with one attached hydrogen (secondary N) is 3. The second-order valence-corrected chi connectivity index (χ2v) is 7.01. The van der Waals surface area contributed by atoms with Gasteiger partial charge in [-0.05, 0) is 25.0 Å². The first-order valence-electron chi connectivity index (χ1n) is 9.62. The minimum atomic E-state index is -0.183. The van der Waals surface area contributed by atoms with Crippen LogP contribution in [0.2, 0.25) is 0 Å². The number of nitrogens with zero attached hydrogens (tertiary/aromatic N) is 3. The van der Waals surface area contributed by atoms with Gasteiger partial charge >= 0.3 is 0 Å². The Balaban J connectivity index is 1.79. The molecule has 1 saturated heterocycles. The van der Waals surface area contributed by atoms with E-state index >= 15 is 0 Å². The molecule has 0 radical (unpaired) electrons. The molecule has 1 fully saturated rings. The summed E-state index contributed by atoms with van der Waals surface area (Å²) in [4.78, 5) is 22.8. The third-order valence-corrected chi connectivity index (χ3v) is 4.01. The molecule has 3 N–H and O–H groups in total. The minimum absolute atomic E-state index is 0.0369. The highest BCUT2D eigenvalue weighted by Gasteiger charge is 2.21. The second-order valence-electron chi connectivity index (χ2n) is 7.01. The Bertz CT molecular complexity index is 593. The summed E-state index contributed by atoms with van der Waals surface area (Å²) in [5, 5.41) is 9.21. The van der Waals surface area contributed by atoms with Crippen molar-refractivity contribution in [3.8, 4) is 0 Å². The Morgan fingerprint density at radius 1 is 1.44 bits per heavy atom. The van der Waals surface area contributed by atoms with Gasteiger partial charge < -0.3 is 20.7 Å². The number of morpholine rings is 1. The van der Waals surface area contributed by atoms with Gasteiger partial charge in [0.1, 0.15) is 6.54 Å². The lowest BCUT2D eigenvalue weighted by Crippen LogP contribution is -2.50. The number of hydrogen-bond acceptors (Lipinski definition) is 5. The van der Waals surface area contributed by atoms with E-state index in [-0.39, 0.29) is 18.6 Å². The van der Waals surface area contributed by atoms with Gasteiger partial charge in [-0.15, -0.1) is 0 Å². The van der Waals surface area contributed by atoms with Crippen molar-refractivity contribution < 1.29 is 9.53 Å². The summed E-state index contributed by atoms with van der Waals surface area (Å²) >= 11 is 0. The van der Waals surface area contributed by atoms with Crippen LogP contribution in [0.5, 0.6) is 0 Å². The van der Waals surface area contributed by atoms with E-state index in [4.69, 9.17) is 4.74 Å². The predicted octanol–water partition coefficient (Wildman–Crippen LogP) is 0.932. The van der Waals surface area contributed by atoms with E-state index in [1.165, 1.54) is 0 Å². The summed E-state index contributed by atoms with van der Waals surface area (Å²) in [5.74, 6) is 1.08. The minimum Gasteiger partial charge on any atom is -0.374 e. The van der Waals surface area contributed by atoms with Gasteiger partial charge in [-0.25, -0.2) is 4.99 Å². The zero-order valence-electron chi connectivity index (χ0n) is 16.6. The number of aliphatic imine (C=N–C) groups is 1. The molecule has 0 aliphatic carbocycles. The highest BCUT2D eigenvalue weighted by molar-refractivity contribution is 5.93. The maximum atomic E-state index is 12.0. The molecule has 8 heteroatoms. The van der Waals surface area contributed by atoms with Crippen molar-refractivity contribution in [3.63, 3.8) is 0 Å². The Morgan fingerprint density at radius 2 is 2.30 bits per heavy atom. The van der Waals surface area contributed by atoms with Gasteiger partial charge in [0.15, 0.2) is 5.96 Å². The zero-order valence-corrected chi connectivity index (χ0v) is 16.6. The van der Waals surface area contributed by atoms with Crippen LogP contribution in [-0.2, 0) is 9.53 Å². The Hall–Kier alpha value is -2.19. The number of rotatable bonds is 8. The summed E-state index contributed by atoms with van der Waals surface area (Å²) in [5.41, 5.74) is 0.663. The molecular formula is C19H32N6O2. The van der Waals surface area contributed by atoms with Gasteiger partial charge in [-0.2, -0.15) is 0 Å². The van der Waals surface area contributed by atoms with E-state index < -0.39 is 0 Å². The molecule has 1 aliphatic heterocycles. The molecule has 1 aromatic heterocycles. The number of amides is 1. The average Bonchev–Trinajstić information content (AvgIpc) is 2.64. The Labute approximate surface area is 161 Å². The molecule has 1 aliphatic rings. The van der Waals surface area contributed by atoms with Gasteiger partial charge in [0.2, 0.25) is 5.91 Å². The van der Waals surface area contributed by atoms with Crippen molar-refractivity contribution in [2.24, 2.45) is 10.9 Å². The maximum Gasteiger partial charge on any atom is 0.246 e. The SMILES string of the molecule is CCNC(=NCC(=O)Nc1cccnc1)NCC1CN(CC(C)C)CCO1. The summed E-state index contributed by atoms with van der Waals surface area (Å²) in [6, 6.07) is 3.57. The van der Waals surface area contributed by atoms with Crippen molar-refractivity contribution in [1.29, 1.82) is 0 Å². The lowest BCUT2D eigenvalue weighted by molar-refractivity contribution is -0.114. The Kier molecular flexibility index (Phi) is 9.00. The third kappa shape index (κ3) is 8.36. The van der Waals surface area contributed by atoms with E-state index in [9.17, 15) is 4.79 Å². The molecule has 2 rings (SSSR count). The number of ether oxygens (including phenoxy) is 1. The summed E-state index contributed by atoms with van der Waals surface area (Å²) in [6.07, 6.45) is 3.39. The molecule has 0 spiro atoms. The topological polar surface area (TPSA) is 90.9 Å². The van der Waals surface area contributed by atoms with Gasteiger partial charge in [-0.1, -0.05) is 13.8 Å². The zero-order chi connectivity index (χ0) is 19.5. The number of carbonyl (C=O) groups is 1. The highest BCUT2D eigenvalue weighted by Crippen LogP contribution is 2.07. The highest BCUT2D eigenvalue weighted by atomic mass is 16.5. The molecule has 1 atom stereocenters. The molecule has 150 valence electrons. The normalized spacial score (nSPS) is 18.4. The van der Waals surface area contributed by atoms with Crippen LogP contribution >= 0.6 is 0 Å². The average molecular weight is 377 g/mol. The van der Waals surface area contributed by atoms with Gasteiger partial charge in [-0.3, -0.25) is 14.7 Å². The molecule has 0 aromatic carbocycles. The maximum absolute atomic E-state index is 12.0. The van der Waals surface area contributed by atoms with E-state index in [2.05, 4.69) is 44.7 Å². The number of anilines is 1. The van der Waals surface area contributed by atoms with Crippen LogP contribution in [0, 0.1) is 5.92 Å². The van der Waals surface area contributed by atoms with Crippen LogP contribution in [0.1, 0.15) is 20.8 Å². The Morgan fingerprint density at radius 3 is 3.00 bits per heavy atom. The fourth-order valence-corrected chi connectivity index (χ4v) is 2.93. The predicted molar refractivity (Wildman–Crippen MR) is 108 cm³/mol. The summed E-state index contributed by atoms with van der Waals surface area (Å²) < 4.78 is 5.85. The molecule has 1 amide bonds. The second kappa shape index (κ2) is 11.5. The van der Waals surface area contributed by atoms with Gasteiger partial charge in [0.25, 0.3) is 0 Å². The van der Waals surface area contributed by atoms with Crippen molar-refractivity contribution >= 4 is 17.6 Å². The van der Waals surface area contributed by atoms with Crippen LogP contribution in [0.15, 0.2) is 29.5 Å². The first-order valence-corrected chi connectivity index (χ1v) is 9.62. The lowest BCUT2D eigenvalue weighted by atomic mass is 10.2. The molecule has 1 aromatic rings. The monoisotopic (exact) mass is 376 g/mol. The van der Waals surface area contributed by atoms with Crippen LogP contribution < -0.4 is 16.0 Å². The standard InChI is InChI=1S/C19H32N6O2/c1-4-21-19(23-12-18(26)24-16-6-5-7-20-10-16)22-11-17-14-25(8-9-27-17)13-15(2)3/h5-7,10,15,17H,4,8-9,11-14H2,1-3H3,(H,24,26)(H2,21,22,23). The molecule has 0 bridgehead atoms. The van der Waals surface area contributed by atoms with Crippen LogP contribution in [-0.4, -0.2) is 73.7 Å². The molecule has 27 heavy (non-hydrogen) atoms. The van der Waals surface area contributed by atoms with E-state index in [1.807, 2.05) is 6.92 Å². The van der Waals surface area contributed by atoms with Gasteiger partial charge in [0.05, 0.1) is 24.6 Å². The lowest BCUT2D eigenvalue weighted by Gasteiger charge is -2.34. The largest absolute Gasteiger partial charge is 0.374 e. The quantitative estimate of drug-likeness (QED) is 0.462. The first-order chi connectivity index (χ1) is 13.1. The van der Waals surface area contributed by atoms with E-state index in [1.54, 1.807) is 24.5 Å². The number of hydrogen-bond donors (Lipinski definition) is 3. The summed E-state index contributed by atoms with van der Waals surface area (Å²) in [6.45, 7) is 11.6. The number of aromatic nitrogens is 1. The molecule has 8 nitrogen and oxygen atoms in total. The van der Waals surface area contributed by atoms with Crippen LogP contribution in [0.25, 0.3) is 0 Å². The van der Waals surface area contributed by atoms with E-state index in [0.717, 1.165) is 32.8 Å².